The van der Waals surface area contributed by atoms with Gasteiger partial charge in [-0.25, -0.2) is 4.39 Å². The van der Waals surface area contributed by atoms with Crippen molar-refractivity contribution >= 4 is 5.78 Å². The topological polar surface area (TPSA) is 26.3 Å². The van der Waals surface area contributed by atoms with Crippen LogP contribution < -0.4 is 4.74 Å². The zero-order chi connectivity index (χ0) is 14.4. The second-order valence-electron chi connectivity index (χ2n) is 6.45. The van der Waals surface area contributed by atoms with Crippen molar-refractivity contribution in [3.05, 3.63) is 29.6 Å². The molecule has 3 heteroatoms. The fourth-order valence-corrected chi connectivity index (χ4v) is 3.14. The lowest BCUT2D eigenvalue weighted by Crippen LogP contribution is -2.11. The van der Waals surface area contributed by atoms with E-state index in [9.17, 15) is 9.18 Å². The number of hydrogen-bond donors (Lipinski definition) is 0. The Morgan fingerprint density at radius 1 is 1.26 bits per heavy atom. The van der Waals surface area contributed by atoms with E-state index in [1.165, 1.54) is 7.11 Å². The predicted octanol–water partition coefficient (Wildman–Crippen LogP) is 3.63. The third-order valence-corrected chi connectivity index (χ3v) is 4.97. The van der Waals surface area contributed by atoms with Crippen LogP contribution in [0.5, 0.6) is 5.75 Å². The Balaban J connectivity index is 2.18. The molecule has 0 heterocycles. The molecule has 2 rings (SSSR count). The van der Waals surface area contributed by atoms with E-state index in [-0.39, 0.29) is 34.7 Å². The summed E-state index contributed by atoms with van der Waals surface area (Å²) in [5.41, 5.74) is 0.418. The third kappa shape index (κ3) is 2.05. The van der Waals surface area contributed by atoms with Crippen molar-refractivity contribution < 1.29 is 13.9 Å². The number of benzene rings is 1. The first kappa shape index (κ1) is 14.0. The first-order chi connectivity index (χ1) is 8.73. The number of ketones is 1. The highest BCUT2D eigenvalue weighted by atomic mass is 19.1. The first-order valence-electron chi connectivity index (χ1n) is 6.57. The van der Waals surface area contributed by atoms with E-state index < -0.39 is 5.82 Å². The van der Waals surface area contributed by atoms with E-state index in [0.717, 1.165) is 0 Å². The number of rotatable bonds is 4. The summed E-state index contributed by atoms with van der Waals surface area (Å²) in [5, 5.41) is 0. The summed E-state index contributed by atoms with van der Waals surface area (Å²) in [7, 11) is 1.43. The molecular formula is C16H21FO2. The second-order valence-corrected chi connectivity index (χ2v) is 6.45. The van der Waals surface area contributed by atoms with Gasteiger partial charge in [-0.15, -0.1) is 0 Å². The summed E-state index contributed by atoms with van der Waals surface area (Å²) >= 11 is 0. The fourth-order valence-electron chi connectivity index (χ4n) is 3.14. The Labute approximate surface area is 114 Å². The number of methoxy groups -OCH3 is 1. The molecule has 1 saturated carbocycles. The van der Waals surface area contributed by atoms with Crippen LogP contribution in [0.1, 0.15) is 33.3 Å². The van der Waals surface area contributed by atoms with Crippen LogP contribution in [0.4, 0.5) is 4.39 Å². The Hall–Kier alpha value is -1.38. The molecule has 0 bridgehead atoms. The SMILES string of the molecule is COc1cccc(CC(=O)C2C(C)(C)C2(C)C)c1F. The maximum Gasteiger partial charge on any atom is 0.168 e. The van der Waals surface area contributed by atoms with Crippen LogP contribution in [-0.2, 0) is 11.2 Å². The Bertz CT molecular complexity index is 503. The average Bonchev–Trinajstić information content (AvgIpc) is 2.72. The molecule has 0 aromatic heterocycles. The highest BCUT2D eigenvalue weighted by Crippen LogP contribution is 2.68. The zero-order valence-electron chi connectivity index (χ0n) is 12.2. The quantitative estimate of drug-likeness (QED) is 0.830. The molecule has 1 aromatic carbocycles. The molecule has 1 aromatic rings. The Morgan fingerprint density at radius 2 is 1.84 bits per heavy atom. The summed E-state index contributed by atoms with van der Waals surface area (Å²) < 4.78 is 19.0. The van der Waals surface area contributed by atoms with Gasteiger partial charge in [0.2, 0.25) is 0 Å². The second kappa shape index (κ2) is 4.32. The smallest absolute Gasteiger partial charge is 0.168 e. The molecule has 1 fully saturated rings. The van der Waals surface area contributed by atoms with Crippen LogP contribution in [0.2, 0.25) is 0 Å². The van der Waals surface area contributed by atoms with Crippen molar-refractivity contribution in [3.8, 4) is 5.75 Å². The molecule has 0 radical (unpaired) electrons. The molecule has 0 amide bonds. The average molecular weight is 264 g/mol. The molecule has 0 aliphatic heterocycles. The Kier molecular flexibility index (Phi) is 3.20. The molecule has 0 spiro atoms. The molecular weight excluding hydrogens is 243 g/mol. The minimum absolute atomic E-state index is 0.000569. The van der Waals surface area contributed by atoms with Crippen molar-refractivity contribution in [1.82, 2.24) is 0 Å². The van der Waals surface area contributed by atoms with Crippen molar-refractivity contribution in [3.63, 3.8) is 0 Å². The minimum Gasteiger partial charge on any atom is -0.494 e. The minimum atomic E-state index is -0.422. The largest absolute Gasteiger partial charge is 0.494 e. The van der Waals surface area contributed by atoms with Crippen LogP contribution in [0.15, 0.2) is 18.2 Å². The predicted molar refractivity (Wildman–Crippen MR) is 72.7 cm³/mol. The lowest BCUT2D eigenvalue weighted by Gasteiger charge is -2.07. The van der Waals surface area contributed by atoms with E-state index in [4.69, 9.17) is 4.74 Å². The summed E-state index contributed by atoms with van der Waals surface area (Å²) in [4.78, 5) is 12.4. The van der Waals surface area contributed by atoms with Gasteiger partial charge in [-0.2, -0.15) is 0 Å². The van der Waals surface area contributed by atoms with E-state index in [2.05, 4.69) is 27.7 Å². The maximum absolute atomic E-state index is 14.0. The summed E-state index contributed by atoms with van der Waals surface area (Å²) in [6.07, 6.45) is 0.139. The third-order valence-electron chi connectivity index (χ3n) is 4.97. The lowest BCUT2D eigenvalue weighted by atomic mass is 10.0. The molecule has 0 saturated heterocycles. The molecule has 2 nitrogen and oxygen atoms in total. The van der Waals surface area contributed by atoms with Crippen molar-refractivity contribution in [2.45, 2.75) is 34.1 Å². The van der Waals surface area contributed by atoms with E-state index >= 15 is 0 Å². The number of hydrogen-bond acceptors (Lipinski definition) is 2. The normalized spacial score (nSPS) is 20.1. The van der Waals surface area contributed by atoms with Crippen LogP contribution in [0, 0.1) is 22.6 Å². The molecule has 0 N–H and O–H groups in total. The van der Waals surface area contributed by atoms with Crippen molar-refractivity contribution in [1.29, 1.82) is 0 Å². The molecule has 104 valence electrons. The van der Waals surface area contributed by atoms with E-state index in [1.54, 1.807) is 18.2 Å². The zero-order valence-corrected chi connectivity index (χ0v) is 12.2. The summed E-state index contributed by atoms with van der Waals surface area (Å²) in [6.45, 7) is 8.38. The van der Waals surface area contributed by atoms with Gasteiger partial charge in [-0.05, 0) is 22.5 Å². The van der Waals surface area contributed by atoms with Gasteiger partial charge < -0.3 is 4.74 Å². The van der Waals surface area contributed by atoms with Gasteiger partial charge in [0.25, 0.3) is 0 Å². The molecule has 1 aliphatic rings. The highest BCUT2D eigenvalue weighted by Gasteiger charge is 2.67. The number of carbonyl (C=O) groups excluding carboxylic acids is 1. The molecule has 0 atom stereocenters. The lowest BCUT2D eigenvalue weighted by molar-refractivity contribution is -0.120. The van der Waals surface area contributed by atoms with Crippen LogP contribution in [0.3, 0.4) is 0 Å². The first-order valence-corrected chi connectivity index (χ1v) is 6.57. The van der Waals surface area contributed by atoms with Gasteiger partial charge in [-0.3, -0.25) is 4.79 Å². The molecule has 19 heavy (non-hydrogen) atoms. The number of halogens is 1. The van der Waals surface area contributed by atoms with Crippen molar-refractivity contribution in [2.24, 2.45) is 16.7 Å². The van der Waals surface area contributed by atoms with Gasteiger partial charge in [-0.1, -0.05) is 39.8 Å². The fraction of sp³-hybridized carbons (Fsp3) is 0.562. The summed E-state index contributed by atoms with van der Waals surface area (Å²) in [5.74, 6) is -0.109. The van der Waals surface area contributed by atoms with Crippen LogP contribution >= 0.6 is 0 Å². The number of ether oxygens (including phenoxy) is 1. The highest BCUT2D eigenvalue weighted by molar-refractivity contribution is 5.88. The van der Waals surface area contributed by atoms with E-state index in [0.29, 0.717) is 5.56 Å². The summed E-state index contributed by atoms with van der Waals surface area (Å²) in [6, 6.07) is 4.93. The van der Waals surface area contributed by atoms with Gasteiger partial charge in [0.05, 0.1) is 7.11 Å². The number of Topliss-reactive ketones (excluding diaryl/α,β-unsaturated/α-hetero) is 1. The van der Waals surface area contributed by atoms with Gasteiger partial charge >= 0.3 is 0 Å². The van der Waals surface area contributed by atoms with Gasteiger partial charge in [0.1, 0.15) is 5.78 Å². The van der Waals surface area contributed by atoms with Crippen molar-refractivity contribution in [2.75, 3.05) is 7.11 Å². The van der Waals surface area contributed by atoms with Gasteiger partial charge in [0, 0.05) is 12.3 Å². The standard InChI is InChI=1S/C16H21FO2/c1-15(2)14(16(15,3)4)11(18)9-10-7-6-8-12(19-5)13(10)17/h6-8,14H,9H2,1-5H3. The molecule has 1 aliphatic carbocycles. The van der Waals surface area contributed by atoms with Crippen LogP contribution in [0.25, 0.3) is 0 Å². The number of carbonyl (C=O) groups is 1. The van der Waals surface area contributed by atoms with E-state index in [1.807, 2.05) is 0 Å². The Morgan fingerprint density at radius 3 is 2.32 bits per heavy atom. The van der Waals surface area contributed by atoms with Crippen LogP contribution in [-0.4, -0.2) is 12.9 Å². The van der Waals surface area contributed by atoms with Gasteiger partial charge in [0.15, 0.2) is 11.6 Å². The maximum atomic E-state index is 14.0. The molecule has 0 unspecified atom stereocenters. The monoisotopic (exact) mass is 264 g/mol.